The van der Waals surface area contributed by atoms with E-state index >= 15 is 0 Å². The number of alkyl halides is 2. The fraction of sp³-hybridized carbons (Fsp3) is 0.364. The number of halogens is 5. The number of rotatable bonds is 5. The second-order valence-corrected chi connectivity index (χ2v) is 8.77. The van der Waals surface area contributed by atoms with E-state index < -0.39 is 24.1 Å². The van der Waals surface area contributed by atoms with Crippen LogP contribution in [0.15, 0.2) is 30.3 Å². The van der Waals surface area contributed by atoms with Crippen molar-refractivity contribution in [1.29, 1.82) is 0 Å². The van der Waals surface area contributed by atoms with Crippen molar-refractivity contribution in [1.82, 2.24) is 14.9 Å². The van der Waals surface area contributed by atoms with Gasteiger partial charge in [0.1, 0.15) is 5.82 Å². The van der Waals surface area contributed by atoms with Crippen LogP contribution in [-0.4, -0.2) is 27.9 Å². The van der Waals surface area contributed by atoms with Crippen LogP contribution in [0.4, 0.5) is 24.8 Å². The topological polar surface area (TPSA) is 59.0 Å². The van der Waals surface area contributed by atoms with E-state index in [4.69, 9.17) is 23.2 Å². The van der Waals surface area contributed by atoms with E-state index in [0.29, 0.717) is 58.4 Å². The Morgan fingerprint density at radius 2 is 1.81 bits per heavy atom. The molecule has 5 nitrogen and oxygen atoms in total. The molecule has 0 unspecified atom stereocenters. The second-order valence-electron chi connectivity index (χ2n) is 7.96. The summed E-state index contributed by atoms with van der Waals surface area (Å²) in [7, 11) is 1.70. The average molecular weight is 485 g/mol. The number of carbonyl (C=O) groups is 1. The van der Waals surface area contributed by atoms with Crippen molar-refractivity contribution in [3.05, 3.63) is 51.8 Å². The van der Waals surface area contributed by atoms with E-state index in [1.165, 1.54) is 12.1 Å². The summed E-state index contributed by atoms with van der Waals surface area (Å²) in [6.45, 7) is 0. The van der Waals surface area contributed by atoms with Crippen molar-refractivity contribution < 1.29 is 18.0 Å². The van der Waals surface area contributed by atoms with Crippen LogP contribution in [-0.2, 0) is 7.05 Å². The number of hydrogen-bond donors (Lipinski definition) is 2. The number of nitrogens with zero attached hydrogens (tertiary/aromatic N) is 2. The highest BCUT2D eigenvalue weighted by molar-refractivity contribution is 6.39. The SMILES string of the molecule is Cn1c(Nc2c(Cl)cccc2Cl)nc2cc(C(=O)N[C@H]3CC[C@H](C(F)F)CC3)c(F)cc21. The predicted octanol–water partition coefficient (Wildman–Crippen LogP) is 6.32. The quantitative estimate of drug-likeness (QED) is 0.445. The number of fused-ring (bicyclic) bond motifs is 1. The van der Waals surface area contributed by atoms with Gasteiger partial charge in [-0.1, -0.05) is 29.3 Å². The van der Waals surface area contributed by atoms with Crippen molar-refractivity contribution in [3.63, 3.8) is 0 Å². The highest BCUT2D eigenvalue weighted by Gasteiger charge is 2.29. The molecule has 0 aliphatic heterocycles. The summed E-state index contributed by atoms with van der Waals surface area (Å²) in [6, 6.07) is 7.43. The molecule has 0 saturated heterocycles. The first kappa shape index (κ1) is 22.7. The van der Waals surface area contributed by atoms with Crippen molar-refractivity contribution in [3.8, 4) is 0 Å². The third-order valence-corrected chi connectivity index (χ3v) is 6.51. The smallest absolute Gasteiger partial charge is 0.254 e. The van der Waals surface area contributed by atoms with Gasteiger partial charge in [-0.3, -0.25) is 4.79 Å². The lowest BCUT2D eigenvalue weighted by Crippen LogP contribution is -2.38. The van der Waals surface area contributed by atoms with Crippen LogP contribution in [0.3, 0.4) is 0 Å². The largest absolute Gasteiger partial charge is 0.349 e. The molecule has 2 aromatic carbocycles. The van der Waals surface area contributed by atoms with Gasteiger partial charge in [0.15, 0.2) is 0 Å². The van der Waals surface area contributed by atoms with E-state index in [2.05, 4.69) is 15.6 Å². The number of imidazole rings is 1. The molecule has 170 valence electrons. The first-order chi connectivity index (χ1) is 15.2. The van der Waals surface area contributed by atoms with Gasteiger partial charge in [0.2, 0.25) is 12.4 Å². The standard InChI is InChI=1S/C22H21Cl2F3N4O/c1-31-18-10-16(25)13(21(32)28-12-7-5-11(6-8-12)20(26)27)9-17(18)29-22(31)30-19-14(23)3-2-4-15(19)24/h2-4,9-12,20H,5-8H2,1H3,(H,28,32)(H,29,30)/t11-,12-. The Hall–Kier alpha value is -2.45. The summed E-state index contributed by atoms with van der Waals surface area (Å²) in [4.78, 5) is 17.1. The molecule has 2 N–H and O–H groups in total. The maximum Gasteiger partial charge on any atom is 0.254 e. The van der Waals surface area contributed by atoms with Gasteiger partial charge in [0, 0.05) is 25.1 Å². The highest BCUT2D eigenvalue weighted by atomic mass is 35.5. The molecular weight excluding hydrogens is 464 g/mol. The van der Waals surface area contributed by atoms with Crippen LogP contribution in [0, 0.1) is 11.7 Å². The third kappa shape index (κ3) is 4.52. The maximum absolute atomic E-state index is 14.8. The van der Waals surface area contributed by atoms with Crippen molar-refractivity contribution in [2.24, 2.45) is 13.0 Å². The van der Waals surface area contributed by atoms with Gasteiger partial charge in [0.05, 0.1) is 32.3 Å². The second kappa shape index (κ2) is 9.19. The van der Waals surface area contributed by atoms with Crippen LogP contribution in [0.2, 0.25) is 10.0 Å². The summed E-state index contributed by atoms with van der Waals surface area (Å²) in [5, 5.41) is 6.62. The summed E-state index contributed by atoms with van der Waals surface area (Å²) >= 11 is 12.4. The number of aryl methyl sites for hydroxylation is 1. The molecule has 4 rings (SSSR count). The molecule has 1 fully saturated rings. The number of benzene rings is 2. The minimum Gasteiger partial charge on any atom is -0.349 e. The van der Waals surface area contributed by atoms with E-state index in [1.807, 2.05) is 0 Å². The number of amides is 1. The zero-order valence-electron chi connectivity index (χ0n) is 17.1. The number of carbonyl (C=O) groups excluding carboxylic acids is 1. The molecule has 0 atom stereocenters. The van der Waals surface area contributed by atoms with Gasteiger partial charge in [-0.2, -0.15) is 0 Å². The summed E-state index contributed by atoms with van der Waals surface area (Å²) in [5.41, 5.74) is 1.20. The molecule has 3 aromatic rings. The van der Waals surface area contributed by atoms with Gasteiger partial charge in [0.25, 0.3) is 5.91 Å². The third-order valence-electron chi connectivity index (χ3n) is 5.88. The molecular formula is C22H21Cl2F3N4O. The fourth-order valence-electron chi connectivity index (χ4n) is 4.01. The predicted molar refractivity (Wildman–Crippen MR) is 120 cm³/mol. The number of hydrogen-bond acceptors (Lipinski definition) is 3. The molecule has 1 amide bonds. The van der Waals surface area contributed by atoms with E-state index in [9.17, 15) is 18.0 Å². The monoisotopic (exact) mass is 484 g/mol. The first-order valence-electron chi connectivity index (χ1n) is 10.2. The van der Waals surface area contributed by atoms with Crippen LogP contribution >= 0.6 is 23.2 Å². The van der Waals surface area contributed by atoms with Gasteiger partial charge in [-0.25, -0.2) is 18.2 Å². The van der Waals surface area contributed by atoms with Crippen molar-refractivity contribution in [2.75, 3.05) is 5.32 Å². The van der Waals surface area contributed by atoms with E-state index in [0.717, 1.165) is 0 Å². The highest BCUT2D eigenvalue weighted by Crippen LogP contribution is 2.34. The lowest BCUT2D eigenvalue weighted by atomic mass is 9.86. The molecule has 1 aliphatic carbocycles. The molecule has 1 saturated carbocycles. The molecule has 1 heterocycles. The van der Waals surface area contributed by atoms with Gasteiger partial charge >= 0.3 is 0 Å². The summed E-state index contributed by atoms with van der Waals surface area (Å²) in [6.07, 6.45) is -0.783. The molecule has 32 heavy (non-hydrogen) atoms. The van der Waals surface area contributed by atoms with Crippen LogP contribution < -0.4 is 10.6 Å². The number of nitrogens with one attached hydrogen (secondary N) is 2. The Labute approximate surface area is 192 Å². The number of aromatic nitrogens is 2. The Kier molecular flexibility index (Phi) is 6.53. The minimum absolute atomic E-state index is 0.145. The Morgan fingerprint density at radius 1 is 1.16 bits per heavy atom. The van der Waals surface area contributed by atoms with Crippen LogP contribution in [0.25, 0.3) is 11.0 Å². The molecule has 0 radical (unpaired) electrons. The van der Waals surface area contributed by atoms with Gasteiger partial charge in [-0.15, -0.1) is 0 Å². The molecule has 10 heteroatoms. The lowest BCUT2D eigenvalue weighted by molar-refractivity contribution is 0.0499. The Balaban J connectivity index is 1.55. The minimum atomic E-state index is -2.35. The van der Waals surface area contributed by atoms with Crippen LogP contribution in [0.5, 0.6) is 0 Å². The fourth-order valence-corrected chi connectivity index (χ4v) is 4.50. The molecule has 0 bridgehead atoms. The zero-order chi connectivity index (χ0) is 23.0. The average Bonchev–Trinajstić information content (AvgIpc) is 3.05. The maximum atomic E-state index is 14.8. The van der Waals surface area contributed by atoms with E-state index in [-0.39, 0.29) is 11.6 Å². The number of anilines is 2. The zero-order valence-corrected chi connectivity index (χ0v) is 18.7. The molecule has 1 aliphatic rings. The van der Waals surface area contributed by atoms with Gasteiger partial charge in [-0.05, 0) is 43.9 Å². The summed E-state index contributed by atoms with van der Waals surface area (Å²) < 4.78 is 42.1. The van der Waals surface area contributed by atoms with Gasteiger partial charge < -0.3 is 15.2 Å². The van der Waals surface area contributed by atoms with Crippen molar-refractivity contribution in [2.45, 2.75) is 38.2 Å². The summed E-state index contributed by atoms with van der Waals surface area (Å²) in [5.74, 6) is -1.54. The van der Waals surface area contributed by atoms with E-state index in [1.54, 1.807) is 29.8 Å². The Bertz CT molecular complexity index is 1140. The van der Waals surface area contributed by atoms with Crippen LogP contribution in [0.1, 0.15) is 36.0 Å². The lowest BCUT2D eigenvalue weighted by Gasteiger charge is -2.28. The van der Waals surface area contributed by atoms with Crippen molar-refractivity contribution >= 4 is 51.8 Å². The first-order valence-corrected chi connectivity index (χ1v) is 11.0. The Morgan fingerprint density at radius 3 is 2.44 bits per heavy atom. The normalized spacial score (nSPS) is 18.8. The molecule has 0 spiro atoms. The molecule has 1 aromatic heterocycles. The number of para-hydroxylation sites is 1.